The molecule has 0 aromatic heterocycles. The molecule has 0 radical (unpaired) electrons. The fraction of sp³-hybridized carbons (Fsp3) is 0.231. The van der Waals surface area contributed by atoms with Crippen molar-refractivity contribution in [3.8, 4) is 39.9 Å². The summed E-state index contributed by atoms with van der Waals surface area (Å²) in [6.07, 6.45) is 1.37. The lowest BCUT2D eigenvalue weighted by Crippen LogP contribution is -2.04. The van der Waals surface area contributed by atoms with Crippen LogP contribution in [0.15, 0.2) is 58.8 Å². The van der Waals surface area contributed by atoms with E-state index in [0.717, 1.165) is 5.41 Å². The average molecular weight is 565 g/mol. The van der Waals surface area contributed by atoms with Crippen LogP contribution in [0.3, 0.4) is 0 Å². The van der Waals surface area contributed by atoms with E-state index in [2.05, 4.69) is 0 Å². The molecule has 0 amide bonds. The first-order valence-electron chi connectivity index (χ1n) is 11.0. The SMILES string of the molecule is COc1cc(OC)c(C=CS(=O)(=O)Cc2ccc(OC)c(-c3cc(OC)ccc3S(=O)(=O)O)c2)c(OC)c1. The molecule has 0 saturated carbocycles. The lowest BCUT2D eigenvalue weighted by molar-refractivity contribution is 0.374. The Morgan fingerprint density at radius 1 is 0.684 bits per heavy atom. The number of rotatable bonds is 11. The molecule has 12 heteroatoms. The lowest BCUT2D eigenvalue weighted by atomic mass is 10.0. The number of hydrogen-bond acceptors (Lipinski definition) is 9. The number of sulfone groups is 1. The molecule has 0 spiro atoms. The van der Waals surface area contributed by atoms with Crippen molar-refractivity contribution in [1.82, 2.24) is 0 Å². The van der Waals surface area contributed by atoms with Crippen molar-refractivity contribution >= 4 is 26.0 Å². The van der Waals surface area contributed by atoms with Crippen molar-refractivity contribution in [2.24, 2.45) is 0 Å². The minimum atomic E-state index is -4.61. The van der Waals surface area contributed by atoms with E-state index in [1.54, 1.807) is 18.2 Å². The Kier molecular flexibility index (Phi) is 8.92. The fourth-order valence-electron chi connectivity index (χ4n) is 3.78. The standard InChI is InChI=1S/C26H28O10S2/c1-32-18-7-9-26(38(29,30)31)22(13-18)21-12-17(6-8-23(21)34-3)16-37(27,28)11-10-20-24(35-4)14-19(33-2)15-25(20)36-5/h6-15H,16H2,1-5H3,(H,29,30,31). The molecule has 3 aromatic rings. The van der Waals surface area contributed by atoms with E-state index in [-0.39, 0.29) is 21.8 Å². The summed E-state index contributed by atoms with van der Waals surface area (Å²) in [5.74, 6) is 1.38. The molecule has 0 bridgehead atoms. The van der Waals surface area contributed by atoms with Gasteiger partial charge in [0.25, 0.3) is 10.1 Å². The predicted molar refractivity (Wildman–Crippen MR) is 143 cm³/mol. The van der Waals surface area contributed by atoms with Gasteiger partial charge in [-0.1, -0.05) is 6.07 Å². The van der Waals surface area contributed by atoms with Crippen molar-refractivity contribution in [3.63, 3.8) is 0 Å². The Morgan fingerprint density at radius 2 is 1.29 bits per heavy atom. The molecule has 0 aliphatic carbocycles. The normalized spacial score (nSPS) is 11.8. The number of methoxy groups -OCH3 is 5. The Bertz CT molecular complexity index is 1530. The first-order valence-corrected chi connectivity index (χ1v) is 14.2. The molecule has 0 aliphatic heterocycles. The van der Waals surface area contributed by atoms with Crippen molar-refractivity contribution < 1.29 is 45.1 Å². The molecule has 0 fully saturated rings. The van der Waals surface area contributed by atoms with Crippen LogP contribution in [0.5, 0.6) is 28.7 Å². The molecule has 3 aromatic carbocycles. The van der Waals surface area contributed by atoms with Crippen LogP contribution in [0, 0.1) is 0 Å². The van der Waals surface area contributed by atoms with Crippen molar-refractivity contribution in [2.75, 3.05) is 35.5 Å². The summed E-state index contributed by atoms with van der Waals surface area (Å²) in [4.78, 5) is -0.379. The third kappa shape index (κ3) is 6.57. The number of ether oxygens (including phenoxy) is 5. The molecule has 0 atom stereocenters. The van der Waals surface area contributed by atoms with Crippen molar-refractivity contribution in [3.05, 3.63) is 65.1 Å². The summed E-state index contributed by atoms with van der Waals surface area (Å²) in [6.45, 7) is 0. The van der Waals surface area contributed by atoms with Crippen LogP contribution in [0.1, 0.15) is 11.1 Å². The second kappa shape index (κ2) is 11.8. The van der Waals surface area contributed by atoms with E-state index in [1.165, 1.54) is 72.0 Å². The molecule has 0 unspecified atom stereocenters. The third-order valence-corrected chi connectivity index (χ3v) is 7.78. The second-order valence-electron chi connectivity index (χ2n) is 7.93. The van der Waals surface area contributed by atoms with Crippen LogP contribution in [0.2, 0.25) is 0 Å². The van der Waals surface area contributed by atoms with Gasteiger partial charge in [0.05, 0.1) is 46.9 Å². The molecule has 0 heterocycles. The number of hydrogen-bond donors (Lipinski definition) is 1. The van der Waals surface area contributed by atoms with Crippen LogP contribution in [-0.2, 0) is 25.7 Å². The van der Waals surface area contributed by atoms with Crippen LogP contribution >= 0.6 is 0 Å². The highest BCUT2D eigenvalue weighted by molar-refractivity contribution is 7.93. The second-order valence-corrected chi connectivity index (χ2v) is 11.2. The summed E-state index contributed by atoms with van der Waals surface area (Å²) in [5, 5.41) is 1.04. The third-order valence-electron chi connectivity index (χ3n) is 5.58. The summed E-state index contributed by atoms with van der Waals surface area (Å²) >= 11 is 0. The van der Waals surface area contributed by atoms with Gasteiger partial charge in [-0.25, -0.2) is 8.42 Å². The van der Waals surface area contributed by atoms with Crippen LogP contribution in [0.4, 0.5) is 0 Å². The summed E-state index contributed by atoms with van der Waals surface area (Å²) in [6, 6.07) is 11.8. The predicted octanol–water partition coefficient (Wildman–Crippen LogP) is 4.23. The molecule has 1 N–H and O–H groups in total. The highest BCUT2D eigenvalue weighted by atomic mass is 32.2. The van der Waals surface area contributed by atoms with Crippen LogP contribution < -0.4 is 23.7 Å². The van der Waals surface area contributed by atoms with Crippen molar-refractivity contribution in [2.45, 2.75) is 10.6 Å². The zero-order valence-corrected chi connectivity index (χ0v) is 23.1. The van der Waals surface area contributed by atoms with E-state index in [0.29, 0.717) is 34.1 Å². The van der Waals surface area contributed by atoms with Gasteiger partial charge in [0.2, 0.25) is 0 Å². The topological polar surface area (TPSA) is 135 Å². The lowest BCUT2D eigenvalue weighted by Gasteiger charge is -2.15. The summed E-state index contributed by atoms with van der Waals surface area (Å²) in [5.41, 5.74) is 1.10. The molecule has 3 rings (SSSR count). The van der Waals surface area contributed by atoms with Crippen molar-refractivity contribution in [1.29, 1.82) is 0 Å². The largest absolute Gasteiger partial charge is 0.497 e. The Morgan fingerprint density at radius 3 is 1.82 bits per heavy atom. The van der Waals surface area contributed by atoms with Gasteiger partial charge in [-0.3, -0.25) is 4.55 Å². The van der Waals surface area contributed by atoms with Crippen LogP contribution in [-0.4, -0.2) is 56.9 Å². The summed E-state index contributed by atoms with van der Waals surface area (Å²) in [7, 11) is -1.26. The van der Waals surface area contributed by atoms with Crippen LogP contribution in [0.25, 0.3) is 17.2 Å². The first kappa shape index (κ1) is 28.8. The molecular weight excluding hydrogens is 536 g/mol. The van der Waals surface area contributed by atoms with Gasteiger partial charge in [-0.05, 0) is 42.0 Å². The van der Waals surface area contributed by atoms with E-state index in [4.69, 9.17) is 23.7 Å². The monoisotopic (exact) mass is 564 g/mol. The van der Waals surface area contributed by atoms with Gasteiger partial charge in [-0.15, -0.1) is 0 Å². The van der Waals surface area contributed by atoms with Gasteiger partial charge < -0.3 is 23.7 Å². The highest BCUT2D eigenvalue weighted by Crippen LogP contribution is 2.38. The van der Waals surface area contributed by atoms with Gasteiger partial charge in [0.1, 0.15) is 33.6 Å². The molecular formula is C26H28O10S2. The smallest absolute Gasteiger partial charge is 0.295 e. The highest BCUT2D eigenvalue weighted by Gasteiger charge is 2.21. The zero-order chi connectivity index (χ0) is 28.1. The molecule has 204 valence electrons. The summed E-state index contributed by atoms with van der Waals surface area (Å²) < 4.78 is 86.5. The quantitative estimate of drug-likeness (QED) is 0.337. The maximum Gasteiger partial charge on any atom is 0.295 e. The van der Waals surface area contributed by atoms with Gasteiger partial charge in [0, 0.05) is 28.7 Å². The van der Waals surface area contributed by atoms with Gasteiger partial charge in [-0.2, -0.15) is 8.42 Å². The molecule has 0 saturated heterocycles. The van der Waals surface area contributed by atoms with E-state index < -0.39 is 25.7 Å². The molecule has 0 aliphatic rings. The Labute approximate surface area is 222 Å². The van der Waals surface area contributed by atoms with E-state index in [9.17, 15) is 21.4 Å². The molecule has 38 heavy (non-hydrogen) atoms. The van der Waals surface area contributed by atoms with Gasteiger partial charge >= 0.3 is 0 Å². The fourth-order valence-corrected chi connectivity index (χ4v) is 5.55. The number of benzene rings is 3. The zero-order valence-electron chi connectivity index (χ0n) is 21.4. The Hall–Kier alpha value is -3.74. The van der Waals surface area contributed by atoms with Gasteiger partial charge in [0.15, 0.2) is 9.84 Å². The average Bonchev–Trinajstić information content (AvgIpc) is 2.90. The van der Waals surface area contributed by atoms with E-state index in [1.807, 2.05) is 0 Å². The van der Waals surface area contributed by atoms with E-state index >= 15 is 0 Å². The minimum Gasteiger partial charge on any atom is -0.497 e. The maximum atomic E-state index is 13.0. The molecule has 10 nitrogen and oxygen atoms in total. The maximum absolute atomic E-state index is 13.0. The first-order chi connectivity index (χ1) is 18.0. The minimum absolute atomic E-state index is 0.0891. The Balaban J connectivity index is 2.05.